The fourth-order valence-corrected chi connectivity index (χ4v) is 3.11. The summed E-state index contributed by atoms with van der Waals surface area (Å²) in [4.78, 5) is 24.1. The first-order chi connectivity index (χ1) is 13.2. The fourth-order valence-electron chi connectivity index (χ4n) is 2.54. The molecule has 0 radical (unpaired) electrons. The number of benzene rings is 1. The summed E-state index contributed by atoms with van der Waals surface area (Å²) in [6, 6.07) is 5.62. The molecule has 0 spiro atoms. The molecule has 0 bridgehead atoms. The van der Waals surface area contributed by atoms with Gasteiger partial charge in [-0.05, 0) is 56.9 Å². The summed E-state index contributed by atoms with van der Waals surface area (Å²) in [5.41, 5.74) is -0.702. The minimum atomic E-state index is -1.04. The molecule has 0 aliphatic heterocycles. The molecule has 0 aromatic heterocycles. The zero-order valence-electron chi connectivity index (χ0n) is 17.6. The van der Waals surface area contributed by atoms with Crippen molar-refractivity contribution in [2.75, 3.05) is 32.8 Å². The summed E-state index contributed by atoms with van der Waals surface area (Å²) in [6.45, 7) is 6.14. The van der Waals surface area contributed by atoms with Crippen LogP contribution in [-0.2, 0) is 16.1 Å². The van der Waals surface area contributed by atoms with Gasteiger partial charge in [-0.1, -0.05) is 6.07 Å². The lowest BCUT2D eigenvalue weighted by molar-refractivity contribution is -0.113. The van der Waals surface area contributed by atoms with E-state index in [1.807, 2.05) is 24.5 Å². The van der Waals surface area contributed by atoms with E-state index >= 15 is 0 Å². The Hall–Kier alpha value is -1.93. The second-order valence-electron chi connectivity index (χ2n) is 7.44. The van der Waals surface area contributed by atoms with Crippen LogP contribution >= 0.6 is 11.8 Å². The van der Waals surface area contributed by atoms with Crippen molar-refractivity contribution in [3.8, 4) is 11.5 Å². The Balaban J connectivity index is 2.81. The van der Waals surface area contributed by atoms with Crippen LogP contribution < -0.4 is 20.1 Å². The Bertz CT molecular complexity index is 648. The van der Waals surface area contributed by atoms with E-state index in [1.165, 1.54) is 0 Å². The van der Waals surface area contributed by atoms with E-state index in [4.69, 9.17) is 14.2 Å². The minimum absolute atomic E-state index is 0.282. The first-order valence-corrected chi connectivity index (χ1v) is 10.5. The van der Waals surface area contributed by atoms with Gasteiger partial charge in [0.05, 0.1) is 14.2 Å². The highest BCUT2D eigenvalue weighted by molar-refractivity contribution is 7.98. The number of hydrogen-bond acceptors (Lipinski definition) is 7. The lowest BCUT2D eigenvalue weighted by Gasteiger charge is -2.31. The SMILES string of the molecule is COc1ccc(CNCC(C=O)(CCSC)NC(=O)OC(C)(C)C)cc1OC. The number of amides is 1. The van der Waals surface area contributed by atoms with E-state index < -0.39 is 17.2 Å². The Morgan fingerprint density at radius 2 is 1.86 bits per heavy atom. The molecule has 28 heavy (non-hydrogen) atoms. The Labute approximate surface area is 171 Å². The maximum Gasteiger partial charge on any atom is 0.408 e. The molecule has 1 unspecified atom stereocenters. The van der Waals surface area contributed by atoms with Crippen molar-refractivity contribution in [3.05, 3.63) is 23.8 Å². The maximum absolute atomic E-state index is 12.2. The number of alkyl carbamates (subject to hydrolysis) is 1. The van der Waals surface area contributed by atoms with Gasteiger partial charge in [0.15, 0.2) is 11.5 Å². The number of ether oxygens (including phenoxy) is 3. The van der Waals surface area contributed by atoms with Crippen molar-refractivity contribution in [2.45, 2.75) is 44.9 Å². The second-order valence-corrected chi connectivity index (χ2v) is 8.42. The molecule has 0 saturated carbocycles. The van der Waals surface area contributed by atoms with Gasteiger partial charge in [0, 0.05) is 13.1 Å². The summed E-state index contributed by atoms with van der Waals surface area (Å²) in [5.74, 6) is 2.02. The van der Waals surface area contributed by atoms with Crippen LogP contribution in [0.5, 0.6) is 11.5 Å². The van der Waals surface area contributed by atoms with E-state index in [0.29, 0.717) is 24.5 Å². The van der Waals surface area contributed by atoms with Crippen LogP contribution in [0.4, 0.5) is 4.79 Å². The third-order valence-electron chi connectivity index (χ3n) is 3.95. The molecule has 0 aliphatic rings. The maximum atomic E-state index is 12.2. The zero-order valence-corrected chi connectivity index (χ0v) is 18.4. The van der Waals surface area contributed by atoms with Crippen molar-refractivity contribution in [2.24, 2.45) is 0 Å². The van der Waals surface area contributed by atoms with Gasteiger partial charge in [-0.2, -0.15) is 11.8 Å². The number of methoxy groups -OCH3 is 2. The molecule has 1 aromatic rings. The summed E-state index contributed by atoms with van der Waals surface area (Å²) in [5, 5.41) is 6.00. The first-order valence-electron chi connectivity index (χ1n) is 9.06. The van der Waals surface area contributed by atoms with Gasteiger partial charge in [0.2, 0.25) is 0 Å². The monoisotopic (exact) mass is 412 g/mol. The number of thioether (sulfide) groups is 1. The normalized spacial score (nSPS) is 13.4. The second kappa shape index (κ2) is 11.2. The predicted octanol–water partition coefficient (Wildman–Crippen LogP) is 3.01. The quantitative estimate of drug-likeness (QED) is 0.540. The van der Waals surface area contributed by atoms with Gasteiger partial charge < -0.3 is 29.6 Å². The molecule has 0 saturated heterocycles. The number of rotatable bonds is 11. The number of carbonyl (C=O) groups is 2. The molecule has 8 heteroatoms. The van der Waals surface area contributed by atoms with Crippen LogP contribution in [-0.4, -0.2) is 56.3 Å². The highest BCUT2D eigenvalue weighted by atomic mass is 32.2. The lowest BCUT2D eigenvalue weighted by atomic mass is 9.98. The summed E-state index contributed by atoms with van der Waals surface area (Å²) < 4.78 is 15.9. The Kier molecular flexibility index (Phi) is 9.61. The molecule has 1 aromatic carbocycles. The molecule has 0 aliphatic carbocycles. The number of hydrogen-bond donors (Lipinski definition) is 2. The molecule has 1 rings (SSSR count). The summed E-state index contributed by atoms with van der Waals surface area (Å²) in [6.07, 6.45) is 2.64. The van der Waals surface area contributed by atoms with Crippen molar-refractivity contribution in [3.63, 3.8) is 0 Å². The molecular formula is C20H32N2O5S. The van der Waals surface area contributed by atoms with Crippen molar-refractivity contribution < 1.29 is 23.8 Å². The van der Waals surface area contributed by atoms with Crippen LogP contribution in [0.3, 0.4) is 0 Å². The third kappa shape index (κ3) is 7.98. The van der Waals surface area contributed by atoms with Crippen molar-refractivity contribution in [1.82, 2.24) is 10.6 Å². The number of aldehydes is 1. The minimum Gasteiger partial charge on any atom is -0.493 e. The standard InChI is InChI=1S/C20H32N2O5S/c1-19(2,3)27-18(24)22-20(14-23,9-10-28-6)13-21-12-15-7-8-16(25-4)17(11-15)26-5/h7-8,11,14,21H,9-10,12-13H2,1-6H3,(H,22,24). The molecule has 2 N–H and O–H groups in total. The van der Waals surface area contributed by atoms with E-state index in [9.17, 15) is 9.59 Å². The van der Waals surface area contributed by atoms with Crippen LogP contribution in [0, 0.1) is 0 Å². The molecule has 0 heterocycles. The van der Waals surface area contributed by atoms with Crippen LogP contribution in [0.2, 0.25) is 0 Å². The topological polar surface area (TPSA) is 85.9 Å². The molecule has 1 amide bonds. The van der Waals surface area contributed by atoms with Gasteiger partial charge >= 0.3 is 6.09 Å². The van der Waals surface area contributed by atoms with E-state index in [1.54, 1.807) is 46.8 Å². The van der Waals surface area contributed by atoms with E-state index in [2.05, 4.69) is 10.6 Å². The van der Waals surface area contributed by atoms with Crippen LogP contribution in [0.15, 0.2) is 18.2 Å². The number of nitrogens with one attached hydrogen (secondary N) is 2. The summed E-state index contributed by atoms with van der Waals surface area (Å²) >= 11 is 1.61. The Morgan fingerprint density at radius 1 is 1.18 bits per heavy atom. The van der Waals surface area contributed by atoms with Crippen LogP contribution in [0.1, 0.15) is 32.8 Å². The van der Waals surface area contributed by atoms with Gasteiger partial charge in [0.25, 0.3) is 0 Å². The van der Waals surface area contributed by atoms with Gasteiger partial charge in [0.1, 0.15) is 17.4 Å². The first kappa shape index (κ1) is 24.1. The Morgan fingerprint density at radius 3 is 2.39 bits per heavy atom. The predicted molar refractivity (Wildman–Crippen MR) is 112 cm³/mol. The lowest BCUT2D eigenvalue weighted by Crippen LogP contribution is -2.57. The average molecular weight is 413 g/mol. The van der Waals surface area contributed by atoms with Crippen molar-refractivity contribution >= 4 is 24.1 Å². The fraction of sp³-hybridized carbons (Fsp3) is 0.600. The third-order valence-corrected chi connectivity index (χ3v) is 4.56. The molecule has 0 fully saturated rings. The van der Waals surface area contributed by atoms with E-state index in [-0.39, 0.29) is 6.54 Å². The average Bonchev–Trinajstić information content (AvgIpc) is 2.64. The largest absolute Gasteiger partial charge is 0.493 e. The molecular weight excluding hydrogens is 380 g/mol. The smallest absolute Gasteiger partial charge is 0.408 e. The summed E-state index contributed by atoms with van der Waals surface area (Å²) in [7, 11) is 3.17. The van der Waals surface area contributed by atoms with Crippen molar-refractivity contribution in [1.29, 1.82) is 0 Å². The molecule has 7 nitrogen and oxygen atoms in total. The van der Waals surface area contributed by atoms with Crippen LogP contribution in [0.25, 0.3) is 0 Å². The highest BCUT2D eigenvalue weighted by Gasteiger charge is 2.33. The molecule has 158 valence electrons. The highest BCUT2D eigenvalue weighted by Crippen LogP contribution is 2.27. The van der Waals surface area contributed by atoms with Gasteiger partial charge in [-0.25, -0.2) is 4.79 Å². The number of carbonyl (C=O) groups excluding carboxylic acids is 2. The van der Waals surface area contributed by atoms with Gasteiger partial charge in [-0.3, -0.25) is 0 Å². The van der Waals surface area contributed by atoms with E-state index in [0.717, 1.165) is 17.6 Å². The van der Waals surface area contributed by atoms with Gasteiger partial charge in [-0.15, -0.1) is 0 Å². The zero-order chi connectivity index (χ0) is 21.2. The molecule has 1 atom stereocenters.